The van der Waals surface area contributed by atoms with E-state index >= 15 is 0 Å². The van der Waals surface area contributed by atoms with Gasteiger partial charge in [-0.15, -0.1) is 0 Å². The number of esters is 1. The van der Waals surface area contributed by atoms with Crippen LogP contribution in [0.4, 0.5) is 0 Å². The fourth-order valence-corrected chi connectivity index (χ4v) is 4.20. The number of carbonyl (C=O) groups excluding carboxylic acids is 2. The van der Waals surface area contributed by atoms with Crippen molar-refractivity contribution in [3.05, 3.63) is 77.4 Å². The first-order chi connectivity index (χ1) is 14.9. The number of pyridine rings is 1. The summed E-state index contributed by atoms with van der Waals surface area (Å²) in [5.74, 6) is -1.62. The molecule has 0 aliphatic rings. The number of ether oxygens (including phenoxy) is 1. The van der Waals surface area contributed by atoms with E-state index in [1.165, 1.54) is 0 Å². The molecule has 5 nitrogen and oxygen atoms in total. The van der Waals surface area contributed by atoms with Gasteiger partial charge in [-0.25, -0.2) is 4.79 Å². The van der Waals surface area contributed by atoms with Crippen molar-refractivity contribution in [2.24, 2.45) is 0 Å². The van der Waals surface area contributed by atoms with E-state index < -0.39 is 5.97 Å². The molecule has 0 N–H and O–H groups in total. The Morgan fingerprint density at radius 2 is 1.68 bits per heavy atom. The lowest BCUT2D eigenvalue weighted by Crippen LogP contribution is -2.41. The van der Waals surface area contributed by atoms with Crippen LogP contribution in [-0.4, -0.2) is 18.5 Å². The van der Waals surface area contributed by atoms with Crippen LogP contribution in [-0.2, 0) is 16.1 Å². The summed E-state index contributed by atoms with van der Waals surface area (Å²) >= 11 is 0. The van der Waals surface area contributed by atoms with E-state index in [1.54, 1.807) is 29.7 Å². The Hall–Kier alpha value is -3.73. The Bertz CT molecular complexity index is 1340. The number of rotatable bonds is 5. The average Bonchev–Trinajstić information content (AvgIpc) is 2.73. The highest BCUT2D eigenvalue weighted by molar-refractivity contribution is 6.12. The van der Waals surface area contributed by atoms with Crippen LogP contribution in [0.15, 0.2) is 60.7 Å². The van der Waals surface area contributed by atoms with Gasteiger partial charge in [-0.2, -0.15) is 4.57 Å². The van der Waals surface area contributed by atoms with Crippen LogP contribution in [0.5, 0.6) is 0 Å². The lowest BCUT2D eigenvalue weighted by molar-refractivity contribution is -0.633. The van der Waals surface area contributed by atoms with Crippen molar-refractivity contribution in [3.63, 3.8) is 0 Å². The smallest absolute Gasteiger partial charge is 0.372 e. The summed E-state index contributed by atoms with van der Waals surface area (Å²) in [6.45, 7) is 6.10. The first-order valence-corrected chi connectivity index (χ1v) is 10.2. The number of nitrogens with zero attached hydrogens (tertiary/aromatic N) is 1. The Kier molecular flexibility index (Phi) is 5.42. The molecule has 0 spiro atoms. The molecule has 4 aromatic rings. The normalized spacial score (nSPS) is 11.1. The predicted molar refractivity (Wildman–Crippen MR) is 118 cm³/mol. The van der Waals surface area contributed by atoms with E-state index in [9.17, 15) is 14.7 Å². The molecule has 0 saturated carbocycles. The molecule has 0 bridgehead atoms. The number of hydrogen-bond acceptors (Lipinski definition) is 4. The third-order valence-electron chi connectivity index (χ3n) is 5.51. The topological polar surface area (TPSA) is 70.3 Å². The van der Waals surface area contributed by atoms with E-state index in [0.717, 1.165) is 22.3 Å². The number of benzene rings is 3. The zero-order chi connectivity index (χ0) is 22.1. The number of aromatic carboxylic acids is 1. The van der Waals surface area contributed by atoms with Gasteiger partial charge in [0.1, 0.15) is 0 Å². The highest BCUT2D eigenvalue weighted by Gasteiger charge is 2.24. The second-order valence-electron chi connectivity index (χ2n) is 7.62. The van der Waals surface area contributed by atoms with Gasteiger partial charge < -0.3 is 14.6 Å². The molecule has 4 rings (SSSR count). The fourth-order valence-electron chi connectivity index (χ4n) is 4.20. The van der Waals surface area contributed by atoms with Gasteiger partial charge in [0.05, 0.1) is 23.3 Å². The van der Waals surface area contributed by atoms with Crippen LogP contribution in [0.3, 0.4) is 0 Å². The van der Waals surface area contributed by atoms with E-state index in [1.807, 2.05) is 50.2 Å². The first kappa shape index (κ1) is 20.5. The molecular weight excluding hydrogens is 390 g/mol. The molecule has 0 amide bonds. The van der Waals surface area contributed by atoms with Gasteiger partial charge in [0.15, 0.2) is 0 Å². The lowest BCUT2D eigenvalue weighted by atomic mass is 9.95. The van der Waals surface area contributed by atoms with Gasteiger partial charge in [0, 0.05) is 17.7 Å². The number of carbonyl (C=O) groups is 2. The molecule has 0 radical (unpaired) electrons. The SMILES string of the molecule is CCOC(=O)C[n+]1c2ccccc2c(C(=O)[O-])c2cc(-c3ccc(C)cc3C)ccc21. The van der Waals surface area contributed by atoms with Crippen LogP contribution >= 0.6 is 0 Å². The molecule has 31 heavy (non-hydrogen) atoms. The number of aromatic nitrogens is 1. The van der Waals surface area contributed by atoms with E-state index in [2.05, 4.69) is 6.07 Å². The second kappa shape index (κ2) is 8.19. The Balaban J connectivity index is 2.06. The molecule has 1 heterocycles. The molecule has 0 fully saturated rings. The van der Waals surface area contributed by atoms with Gasteiger partial charge in [-0.05, 0) is 55.7 Å². The van der Waals surface area contributed by atoms with Gasteiger partial charge in [-0.3, -0.25) is 0 Å². The first-order valence-electron chi connectivity index (χ1n) is 10.2. The predicted octanol–water partition coefficient (Wildman–Crippen LogP) is 3.49. The summed E-state index contributed by atoms with van der Waals surface area (Å²) in [4.78, 5) is 24.5. The molecule has 0 aliphatic heterocycles. The Labute approximate surface area is 180 Å². The Morgan fingerprint density at radius 3 is 2.39 bits per heavy atom. The van der Waals surface area contributed by atoms with Gasteiger partial charge in [-0.1, -0.05) is 35.9 Å². The third-order valence-corrected chi connectivity index (χ3v) is 5.51. The zero-order valence-electron chi connectivity index (χ0n) is 17.8. The van der Waals surface area contributed by atoms with Crippen LogP contribution < -0.4 is 9.67 Å². The summed E-state index contributed by atoms with van der Waals surface area (Å²) in [7, 11) is 0. The number of carboxylic acid groups (broad SMARTS) is 1. The van der Waals surface area contributed by atoms with Gasteiger partial charge in [0.25, 0.3) is 0 Å². The quantitative estimate of drug-likeness (QED) is 0.285. The molecular formula is C26H23NO4. The summed E-state index contributed by atoms with van der Waals surface area (Å²) in [5, 5.41) is 13.3. The maximum absolute atomic E-state index is 12.3. The minimum atomic E-state index is -1.25. The van der Waals surface area contributed by atoms with Gasteiger partial charge in [0.2, 0.25) is 17.6 Å². The van der Waals surface area contributed by atoms with Gasteiger partial charge >= 0.3 is 5.97 Å². The average molecular weight is 413 g/mol. The van der Waals surface area contributed by atoms with Crippen molar-refractivity contribution in [1.29, 1.82) is 0 Å². The number of aryl methyl sites for hydroxylation is 2. The molecule has 1 aromatic heterocycles. The number of para-hydroxylation sites is 1. The lowest BCUT2D eigenvalue weighted by Gasteiger charge is -2.14. The fraction of sp³-hybridized carbons (Fsp3) is 0.192. The van der Waals surface area contributed by atoms with Crippen molar-refractivity contribution >= 4 is 33.7 Å². The van der Waals surface area contributed by atoms with E-state index in [0.29, 0.717) is 21.8 Å². The van der Waals surface area contributed by atoms with E-state index in [-0.39, 0.29) is 24.7 Å². The monoisotopic (exact) mass is 413 g/mol. The molecule has 0 saturated heterocycles. The van der Waals surface area contributed by atoms with Crippen LogP contribution in [0.1, 0.15) is 28.4 Å². The molecule has 3 aromatic carbocycles. The molecule has 156 valence electrons. The zero-order valence-corrected chi connectivity index (χ0v) is 17.8. The standard InChI is InChI=1S/C26H23NO4/c1-4-31-24(28)15-27-22-8-6-5-7-20(22)25(26(29)30)21-14-18(10-12-23(21)27)19-11-9-16(2)13-17(19)3/h5-14H,4,15H2,1-3H3. The maximum Gasteiger partial charge on any atom is 0.372 e. The maximum atomic E-state index is 12.3. The molecule has 0 aliphatic carbocycles. The minimum Gasteiger partial charge on any atom is -0.545 e. The van der Waals surface area contributed by atoms with Crippen LogP contribution in [0.25, 0.3) is 32.9 Å². The molecule has 0 unspecified atom stereocenters. The highest BCUT2D eigenvalue weighted by atomic mass is 16.5. The van der Waals surface area contributed by atoms with Crippen molar-refractivity contribution < 1.29 is 24.0 Å². The molecule has 0 atom stereocenters. The summed E-state index contributed by atoms with van der Waals surface area (Å²) in [5.41, 5.74) is 5.61. The number of hydrogen-bond donors (Lipinski definition) is 0. The van der Waals surface area contributed by atoms with Crippen LogP contribution in [0, 0.1) is 13.8 Å². The Morgan fingerprint density at radius 1 is 0.935 bits per heavy atom. The summed E-state index contributed by atoms with van der Waals surface area (Å²) < 4.78 is 6.96. The highest BCUT2D eigenvalue weighted by Crippen LogP contribution is 2.31. The number of carboxylic acids is 1. The van der Waals surface area contributed by atoms with E-state index in [4.69, 9.17) is 4.74 Å². The van der Waals surface area contributed by atoms with Crippen molar-refractivity contribution in [2.45, 2.75) is 27.3 Å². The van der Waals surface area contributed by atoms with Crippen molar-refractivity contribution in [3.8, 4) is 11.1 Å². The second-order valence-corrected chi connectivity index (χ2v) is 7.62. The minimum absolute atomic E-state index is 0.0128. The summed E-state index contributed by atoms with van der Waals surface area (Å²) in [6.07, 6.45) is 0. The summed E-state index contributed by atoms with van der Waals surface area (Å²) in [6, 6.07) is 19.0. The molecule has 5 heteroatoms. The van der Waals surface area contributed by atoms with Crippen molar-refractivity contribution in [2.75, 3.05) is 6.61 Å². The number of fused-ring (bicyclic) bond motifs is 2. The third kappa shape index (κ3) is 3.75. The van der Waals surface area contributed by atoms with Crippen LogP contribution in [0.2, 0.25) is 0 Å². The largest absolute Gasteiger partial charge is 0.545 e. The van der Waals surface area contributed by atoms with Crippen molar-refractivity contribution in [1.82, 2.24) is 0 Å².